The predicted octanol–water partition coefficient (Wildman–Crippen LogP) is 4.28. The monoisotopic (exact) mass is 458 g/mol. The van der Waals surface area contributed by atoms with Crippen molar-refractivity contribution in [3.63, 3.8) is 0 Å². The molecule has 0 aliphatic rings. The number of imidazole rings is 1. The Hall–Kier alpha value is -4.66. The van der Waals surface area contributed by atoms with Crippen LogP contribution in [-0.4, -0.2) is 34.5 Å². The van der Waals surface area contributed by atoms with Crippen LogP contribution in [0.1, 0.15) is 33.2 Å². The number of carbonyl (C=O) groups is 3. The van der Waals surface area contributed by atoms with E-state index in [0.29, 0.717) is 16.8 Å². The molecule has 1 aromatic heterocycles. The van der Waals surface area contributed by atoms with Crippen LogP contribution >= 0.6 is 0 Å². The molecule has 0 bridgehead atoms. The summed E-state index contributed by atoms with van der Waals surface area (Å²) in [5, 5.41) is 5.73. The summed E-state index contributed by atoms with van der Waals surface area (Å²) in [6.45, 7) is 2.11. The smallest absolute Gasteiger partial charge is 0.434 e. The van der Waals surface area contributed by atoms with Gasteiger partial charge in [-0.05, 0) is 61.0 Å². The van der Waals surface area contributed by atoms with Gasteiger partial charge >= 0.3 is 6.16 Å². The fourth-order valence-corrected chi connectivity index (χ4v) is 3.26. The Morgan fingerprint density at radius 1 is 0.941 bits per heavy atom. The zero-order valence-electron chi connectivity index (χ0n) is 18.3. The van der Waals surface area contributed by atoms with Gasteiger partial charge in [0, 0.05) is 23.4 Å². The summed E-state index contributed by atoms with van der Waals surface area (Å²) in [4.78, 5) is 43.9. The third-order valence-corrected chi connectivity index (χ3v) is 4.97. The molecular weight excluding hydrogens is 436 g/mol. The van der Waals surface area contributed by atoms with Crippen LogP contribution in [0.25, 0.3) is 11.0 Å². The minimum atomic E-state index is -0.805. The van der Waals surface area contributed by atoms with Gasteiger partial charge in [-0.2, -0.15) is 0 Å². The van der Waals surface area contributed by atoms with Crippen molar-refractivity contribution in [1.82, 2.24) is 15.3 Å². The fraction of sp³-hybridized carbons (Fsp3) is 0.120. The Bertz CT molecular complexity index is 1330. The topological polar surface area (TPSA) is 122 Å². The van der Waals surface area contributed by atoms with Crippen molar-refractivity contribution >= 4 is 34.7 Å². The summed E-state index contributed by atoms with van der Waals surface area (Å²) in [6, 6.07) is 18.5. The molecule has 9 nitrogen and oxygen atoms in total. The molecule has 2 amide bonds. The van der Waals surface area contributed by atoms with E-state index in [-0.39, 0.29) is 30.7 Å². The van der Waals surface area contributed by atoms with Crippen LogP contribution in [0.3, 0.4) is 0 Å². The van der Waals surface area contributed by atoms with Crippen molar-refractivity contribution in [2.75, 3.05) is 11.9 Å². The lowest BCUT2D eigenvalue weighted by Gasteiger charge is -2.12. The summed E-state index contributed by atoms with van der Waals surface area (Å²) >= 11 is 0. The van der Waals surface area contributed by atoms with E-state index in [9.17, 15) is 14.4 Å². The van der Waals surface area contributed by atoms with Crippen molar-refractivity contribution in [3.8, 4) is 5.75 Å². The molecular formula is C25H22N4O5. The van der Waals surface area contributed by atoms with Crippen molar-refractivity contribution < 1.29 is 23.9 Å². The summed E-state index contributed by atoms with van der Waals surface area (Å²) in [6.07, 6.45) is 0.770. The summed E-state index contributed by atoms with van der Waals surface area (Å²) in [5.41, 5.74) is 3.76. The molecule has 3 aromatic carbocycles. The lowest BCUT2D eigenvalue weighted by Crippen LogP contribution is -2.24. The number of H-pyrrole nitrogens is 1. The molecule has 1 heterocycles. The van der Waals surface area contributed by atoms with Crippen LogP contribution in [0.2, 0.25) is 0 Å². The lowest BCUT2D eigenvalue weighted by molar-refractivity contribution is 0.0949. The van der Waals surface area contributed by atoms with Crippen molar-refractivity contribution in [2.45, 2.75) is 13.5 Å². The van der Waals surface area contributed by atoms with Crippen LogP contribution in [0.5, 0.6) is 5.75 Å². The van der Waals surface area contributed by atoms with Gasteiger partial charge in [-0.1, -0.05) is 18.2 Å². The number of anilines is 1. The molecule has 4 rings (SSSR count). The predicted molar refractivity (Wildman–Crippen MR) is 126 cm³/mol. The van der Waals surface area contributed by atoms with E-state index in [4.69, 9.17) is 9.47 Å². The average molecular weight is 458 g/mol. The lowest BCUT2D eigenvalue weighted by atomic mass is 10.1. The van der Waals surface area contributed by atoms with Crippen LogP contribution in [0.15, 0.2) is 73.1 Å². The number of amides is 2. The third-order valence-electron chi connectivity index (χ3n) is 4.97. The molecule has 0 aliphatic carbocycles. The first-order valence-corrected chi connectivity index (χ1v) is 10.6. The Morgan fingerprint density at radius 2 is 1.71 bits per heavy atom. The van der Waals surface area contributed by atoms with E-state index < -0.39 is 6.16 Å². The van der Waals surface area contributed by atoms with Gasteiger partial charge in [0.2, 0.25) is 0 Å². The molecule has 9 heteroatoms. The molecule has 0 unspecified atom stereocenters. The second-order valence-corrected chi connectivity index (χ2v) is 7.24. The number of carbonyl (C=O) groups excluding carboxylic acids is 3. The highest BCUT2D eigenvalue weighted by Gasteiger charge is 2.12. The number of aromatic nitrogens is 2. The van der Waals surface area contributed by atoms with Gasteiger partial charge in [0.15, 0.2) is 0 Å². The molecule has 0 radical (unpaired) electrons. The number of nitrogens with zero attached hydrogens (tertiary/aromatic N) is 1. The number of nitrogens with one attached hydrogen (secondary N) is 3. The van der Waals surface area contributed by atoms with Crippen molar-refractivity contribution in [2.24, 2.45) is 0 Å². The number of fused-ring (bicyclic) bond motifs is 1. The molecule has 0 spiro atoms. The minimum Gasteiger partial charge on any atom is -0.434 e. The van der Waals surface area contributed by atoms with E-state index in [1.807, 2.05) is 12.1 Å². The fourth-order valence-electron chi connectivity index (χ4n) is 3.26. The van der Waals surface area contributed by atoms with E-state index in [1.165, 1.54) is 12.1 Å². The van der Waals surface area contributed by atoms with E-state index in [1.54, 1.807) is 55.7 Å². The maximum Gasteiger partial charge on any atom is 0.513 e. The number of ether oxygens (including phenoxy) is 2. The molecule has 4 aromatic rings. The molecule has 0 fully saturated rings. The Morgan fingerprint density at radius 3 is 2.50 bits per heavy atom. The highest BCUT2D eigenvalue weighted by atomic mass is 16.7. The average Bonchev–Trinajstić information content (AvgIpc) is 3.32. The molecule has 34 heavy (non-hydrogen) atoms. The molecule has 0 atom stereocenters. The summed E-state index contributed by atoms with van der Waals surface area (Å²) in [7, 11) is 0. The van der Waals surface area contributed by atoms with Crippen molar-refractivity contribution in [1.29, 1.82) is 0 Å². The second-order valence-electron chi connectivity index (χ2n) is 7.24. The molecule has 3 N–H and O–H groups in total. The Balaban J connectivity index is 1.39. The van der Waals surface area contributed by atoms with Gasteiger partial charge in [-0.25, -0.2) is 9.78 Å². The van der Waals surface area contributed by atoms with Crippen LogP contribution in [-0.2, 0) is 11.3 Å². The van der Waals surface area contributed by atoms with Crippen LogP contribution in [0, 0.1) is 0 Å². The normalized spacial score (nSPS) is 10.5. The van der Waals surface area contributed by atoms with Gasteiger partial charge in [0.1, 0.15) is 5.75 Å². The molecule has 172 valence electrons. The van der Waals surface area contributed by atoms with Gasteiger partial charge in [0.25, 0.3) is 11.8 Å². The third kappa shape index (κ3) is 5.39. The number of benzene rings is 3. The first-order valence-electron chi connectivity index (χ1n) is 10.6. The quantitative estimate of drug-likeness (QED) is 0.281. The largest absolute Gasteiger partial charge is 0.513 e. The molecule has 0 saturated carbocycles. The number of aromatic amines is 1. The first kappa shape index (κ1) is 22.5. The van der Waals surface area contributed by atoms with Gasteiger partial charge in [-0.3, -0.25) is 9.59 Å². The Labute approximate surface area is 195 Å². The van der Waals surface area contributed by atoms with E-state index in [2.05, 4.69) is 20.6 Å². The minimum absolute atomic E-state index is 0.207. The number of hydrogen-bond donors (Lipinski definition) is 3. The highest BCUT2D eigenvalue weighted by Crippen LogP contribution is 2.19. The van der Waals surface area contributed by atoms with Crippen LogP contribution in [0.4, 0.5) is 10.5 Å². The zero-order valence-corrected chi connectivity index (χ0v) is 18.3. The van der Waals surface area contributed by atoms with Gasteiger partial charge < -0.3 is 25.1 Å². The van der Waals surface area contributed by atoms with Crippen LogP contribution < -0.4 is 15.4 Å². The second kappa shape index (κ2) is 10.3. The maximum absolute atomic E-state index is 12.7. The zero-order chi connectivity index (χ0) is 23.9. The number of rotatable bonds is 7. The first-order chi connectivity index (χ1) is 16.5. The Kier molecular flexibility index (Phi) is 6.83. The maximum atomic E-state index is 12.7. The number of hydrogen-bond acceptors (Lipinski definition) is 6. The SMILES string of the molecule is CCOC(=O)Oc1ccc(C(=O)Nc2ccccc2CNC(=O)c2ccc3nc[nH]c3c2)cc1. The van der Waals surface area contributed by atoms with Gasteiger partial charge in [0.05, 0.1) is 24.0 Å². The van der Waals surface area contributed by atoms with Crippen molar-refractivity contribution in [3.05, 3.63) is 89.7 Å². The number of para-hydroxylation sites is 1. The van der Waals surface area contributed by atoms with E-state index >= 15 is 0 Å². The molecule has 0 saturated heterocycles. The van der Waals surface area contributed by atoms with E-state index in [0.717, 1.165) is 16.6 Å². The highest BCUT2D eigenvalue weighted by molar-refractivity contribution is 6.04. The summed E-state index contributed by atoms with van der Waals surface area (Å²) in [5.74, 6) is -0.313. The van der Waals surface area contributed by atoms with Gasteiger partial charge in [-0.15, -0.1) is 0 Å². The standard InChI is InChI=1S/C25H22N4O5/c1-2-33-25(32)34-19-10-7-16(8-11-19)24(31)29-20-6-4-3-5-18(20)14-26-23(30)17-9-12-21-22(13-17)28-15-27-21/h3-13,15H,2,14H2,1H3,(H,26,30)(H,27,28)(H,29,31). The molecule has 0 aliphatic heterocycles. The summed E-state index contributed by atoms with van der Waals surface area (Å²) < 4.78 is 9.72.